The third-order valence-electron chi connectivity index (χ3n) is 5.40. The second kappa shape index (κ2) is 8.27. The molecule has 1 aliphatic carbocycles. The Hall–Kier alpha value is 0.827. The molecule has 0 unspecified atom stereocenters. The lowest BCUT2D eigenvalue weighted by molar-refractivity contribution is -0.115. The Kier molecular flexibility index (Phi) is 7.85. The molecule has 0 saturated heterocycles. The monoisotopic (exact) mass is 442 g/mol. The Balaban J connectivity index is 2.61. The number of hydrogen-bond donors (Lipinski definition) is 0. The van der Waals surface area contributed by atoms with Crippen molar-refractivity contribution in [3.05, 3.63) is 0 Å². The minimum atomic E-state index is -1.69. The van der Waals surface area contributed by atoms with Crippen molar-refractivity contribution in [1.82, 2.24) is 0 Å². The Morgan fingerprint density at radius 1 is 1.23 bits per heavy atom. The van der Waals surface area contributed by atoms with Crippen LogP contribution in [-0.4, -0.2) is 38.9 Å². The lowest BCUT2D eigenvalue weighted by Gasteiger charge is -2.38. The van der Waals surface area contributed by atoms with Gasteiger partial charge in [0.2, 0.25) is 0 Å². The number of rotatable bonds is 9. The summed E-state index contributed by atoms with van der Waals surface area (Å²) in [5.41, 5.74) is 0. The summed E-state index contributed by atoms with van der Waals surface area (Å²) in [7, 11) is -0.00169. The van der Waals surface area contributed by atoms with Gasteiger partial charge in [-0.15, -0.1) is 0 Å². The molecule has 0 radical (unpaired) electrons. The van der Waals surface area contributed by atoms with Gasteiger partial charge in [0.1, 0.15) is 6.79 Å². The van der Waals surface area contributed by atoms with Gasteiger partial charge in [-0.05, 0) is 36.4 Å². The lowest BCUT2D eigenvalue weighted by Crippen LogP contribution is -2.44. The van der Waals surface area contributed by atoms with Crippen molar-refractivity contribution < 1.29 is 13.9 Å². The number of ether oxygens (including phenoxy) is 2. The van der Waals surface area contributed by atoms with Crippen LogP contribution in [0.25, 0.3) is 0 Å². The fourth-order valence-corrected chi connectivity index (χ4v) is 4.96. The molecule has 1 rings (SSSR count). The first-order valence-corrected chi connectivity index (χ1v) is 12.5. The van der Waals surface area contributed by atoms with E-state index >= 15 is 0 Å². The molecule has 3 nitrogen and oxygen atoms in total. The molecule has 1 fully saturated rings. The van der Waals surface area contributed by atoms with Crippen molar-refractivity contribution in [1.29, 1.82) is 0 Å². The largest absolute Gasteiger partial charge is 0.416 e. The van der Waals surface area contributed by atoms with Crippen LogP contribution in [0.1, 0.15) is 41.0 Å². The van der Waals surface area contributed by atoms with E-state index in [0.29, 0.717) is 18.6 Å². The first-order valence-electron chi connectivity index (χ1n) is 8.40. The van der Waals surface area contributed by atoms with Crippen molar-refractivity contribution in [3.8, 4) is 0 Å². The second-order valence-corrected chi connectivity index (χ2v) is 14.8. The summed E-state index contributed by atoms with van der Waals surface area (Å²) in [5.74, 6) is 1.75. The van der Waals surface area contributed by atoms with E-state index in [1.807, 2.05) is 0 Å². The van der Waals surface area contributed by atoms with Crippen LogP contribution in [0.2, 0.25) is 18.1 Å². The molecule has 5 atom stereocenters. The fourth-order valence-electron chi connectivity index (χ4n) is 2.60. The highest BCUT2D eigenvalue weighted by Crippen LogP contribution is 2.46. The molecule has 0 aliphatic heterocycles. The van der Waals surface area contributed by atoms with Crippen molar-refractivity contribution in [2.45, 2.75) is 69.2 Å². The maximum atomic E-state index is 6.41. The topological polar surface area (TPSA) is 27.7 Å². The third-order valence-corrected chi connectivity index (χ3v) is 11.3. The van der Waals surface area contributed by atoms with Gasteiger partial charge in [-0.25, -0.2) is 0 Å². The van der Waals surface area contributed by atoms with Crippen LogP contribution >= 0.6 is 22.6 Å². The molecule has 132 valence electrons. The zero-order chi connectivity index (χ0) is 17.1. The number of halogens is 1. The van der Waals surface area contributed by atoms with E-state index in [2.05, 4.69) is 70.3 Å². The molecular weight excluding hydrogens is 407 g/mol. The molecule has 0 aromatic rings. The minimum absolute atomic E-state index is 0.217. The summed E-state index contributed by atoms with van der Waals surface area (Å²) in [4.78, 5) is 0. The van der Waals surface area contributed by atoms with Gasteiger partial charge in [-0.1, -0.05) is 57.2 Å². The summed E-state index contributed by atoms with van der Waals surface area (Å²) in [5, 5.41) is 0.255. The van der Waals surface area contributed by atoms with Gasteiger partial charge in [0.25, 0.3) is 0 Å². The zero-order valence-corrected chi connectivity index (χ0v) is 18.8. The first kappa shape index (κ1) is 20.9. The van der Waals surface area contributed by atoms with Crippen LogP contribution in [-0.2, 0) is 13.9 Å². The Bertz CT molecular complexity index is 343. The molecule has 0 N–H and O–H groups in total. The maximum absolute atomic E-state index is 6.41. The first-order chi connectivity index (χ1) is 10.0. The SMILES string of the molecule is COCO[C@H]([C@@H](C)[C@H]1C[C@H]1I)[C@@H](C)CO[Si](C)(C)C(C)(C)C. The normalized spacial score (nSPS) is 26.6. The van der Waals surface area contributed by atoms with Crippen molar-refractivity contribution in [3.63, 3.8) is 0 Å². The maximum Gasteiger partial charge on any atom is 0.191 e. The van der Waals surface area contributed by atoms with Crippen LogP contribution in [0.5, 0.6) is 0 Å². The highest BCUT2D eigenvalue weighted by Gasteiger charge is 2.44. The van der Waals surface area contributed by atoms with E-state index in [9.17, 15) is 0 Å². The predicted molar refractivity (Wildman–Crippen MR) is 104 cm³/mol. The molecule has 0 aromatic carbocycles. The Labute approximate surface area is 152 Å². The van der Waals surface area contributed by atoms with Gasteiger partial charge in [0.15, 0.2) is 8.32 Å². The van der Waals surface area contributed by atoms with Crippen molar-refractivity contribution in [2.24, 2.45) is 17.8 Å². The summed E-state index contributed by atoms with van der Waals surface area (Å²) < 4.78 is 18.4. The highest BCUT2D eigenvalue weighted by atomic mass is 127. The smallest absolute Gasteiger partial charge is 0.191 e. The van der Waals surface area contributed by atoms with Gasteiger partial charge in [0.05, 0.1) is 6.10 Å². The summed E-state index contributed by atoms with van der Waals surface area (Å²) >= 11 is 2.56. The van der Waals surface area contributed by atoms with Gasteiger partial charge in [0, 0.05) is 23.6 Å². The molecular formula is C17H35IO3Si. The molecule has 0 spiro atoms. The quantitative estimate of drug-likeness (QED) is 0.215. The molecule has 1 aliphatic rings. The number of methoxy groups -OCH3 is 1. The van der Waals surface area contributed by atoms with Crippen LogP contribution in [0.15, 0.2) is 0 Å². The molecule has 0 aromatic heterocycles. The Morgan fingerprint density at radius 2 is 1.77 bits per heavy atom. The van der Waals surface area contributed by atoms with Gasteiger partial charge < -0.3 is 13.9 Å². The van der Waals surface area contributed by atoms with Crippen LogP contribution < -0.4 is 0 Å². The summed E-state index contributed by atoms with van der Waals surface area (Å²) in [6.07, 6.45) is 1.54. The van der Waals surface area contributed by atoms with Crippen LogP contribution in [0.4, 0.5) is 0 Å². The Morgan fingerprint density at radius 3 is 2.18 bits per heavy atom. The van der Waals surface area contributed by atoms with Crippen molar-refractivity contribution >= 4 is 30.9 Å². The van der Waals surface area contributed by atoms with Gasteiger partial charge in [-0.2, -0.15) is 0 Å². The van der Waals surface area contributed by atoms with Crippen LogP contribution in [0.3, 0.4) is 0 Å². The number of alkyl halides is 1. The van der Waals surface area contributed by atoms with E-state index in [0.717, 1.165) is 16.4 Å². The van der Waals surface area contributed by atoms with E-state index in [4.69, 9.17) is 13.9 Å². The molecule has 1 saturated carbocycles. The molecule has 0 amide bonds. The molecule has 0 bridgehead atoms. The minimum Gasteiger partial charge on any atom is -0.416 e. The van der Waals surface area contributed by atoms with Gasteiger partial charge >= 0.3 is 0 Å². The van der Waals surface area contributed by atoms with Crippen molar-refractivity contribution in [2.75, 3.05) is 20.5 Å². The molecule has 22 heavy (non-hydrogen) atoms. The number of hydrogen-bond acceptors (Lipinski definition) is 3. The van der Waals surface area contributed by atoms with E-state index in [1.165, 1.54) is 6.42 Å². The van der Waals surface area contributed by atoms with Gasteiger partial charge in [-0.3, -0.25) is 0 Å². The lowest BCUT2D eigenvalue weighted by atomic mass is 9.90. The standard InChI is InChI=1S/C17H35IO3Si/c1-12(10-21-22(7,8)17(3,4)5)16(20-11-19-6)13(2)14-9-15(14)18/h12-16H,9-11H2,1-8H3/t12-,13-,14+,15+,16-/m0/s1. The molecule has 0 heterocycles. The molecule has 5 heteroatoms. The zero-order valence-electron chi connectivity index (χ0n) is 15.6. The summed E-state index contributed by atoms with van der Waals surface area (Å²) in [6, 6.07) is 0. The summed E-state index contributed by atoms with van der Waals surface area (Å²) in [6.45, 7) is 17.2. The second-order valence-electron chi connectivity index (χ2n) is 8.36. The fraction of sp³-hybridized carbons (Fsp3) is 1.00. The predicted octanol–water partition coefficient (Wildman–Crippen LogP) is 5.09. The average molecular weight is 442 g/mol. The van der Waals surface area contributed by atoms with Crippen LogP contribution in [0, 0.1) is 17.8 Å². The highest BCUT2D eigenvalue weighted by molar-refractivity contribution is 14.1. The van der Waals surface area contributed by atoms with E-state index in [1.54, 1.807) is 7.11 Å². The van der Waals surface area contributed by atoms with E-state index < -0.39 is 8.32 Å². The third kappa shape index (κ3) is 5.72. The average Bonchev–Trinajstić information content (AvgIpc) is 3.12. The van der Waals surface area contributed by atoms with E-state index in [-0.39, 0.29) is 11.1 Å².